The van der Waals surface area contributed by atoms with Gasteiger partial charge in [0.1, 0.15) is 18.1 Å². The van der Waals surface area contributed by atoms with E-state index in [-0.39, 0.29) is 5.91 Å². The number of aromatic nitrogens is 3. The van der Waals surface area contributed by atoms with Gasteiger partial charge in [-0.1, -0.05) is 29.4 Å². The maximum atomic E-state index is 12.5. The summed E-state index contributed by atoms with van der Waals surface area (Å²) in [6.45, 7) is 5.37. The van der Waals surface area contributed by atoms with E-state index in [0.717, 1.165) is 29.1 Å². The lowest BCUT2D eigenvalue weighted by molar-refractivity contribution is 0.0951. The molecule has 1 amide bonds. The van der Waals surface area contributed by atoms with Gasteiger partial charge in [0.2, 0.25) is 0 Å². The molecule has 0 unspecified atom stereocenters. The first-order valence-electron chi connectivity index (χ1n) is 10.0. The maximum absolute atomic E-state index is 12.5. The molecule has 0 radical (unpaired) electrons. The van der Waals surface area contributed by atoms with Crippen LogP contribution in [0.5, 0.6) is 5.75 Å². The number of nitrogens with zero attached hydrogens (tertiary/aromatic N) is 3. The summed E-state index contributed by atoms with van der Waals surface area (Å²) < 4.78 is 12.9. The zero-order valence-electron chi connectivity index (χ0n) is 17.5. The van der Waals surface area contributed by atoms with Gasteiger partial charge in [-0.05, 0) is 49.2 Å². The van der Waals surface area contributed by atoms with Gasteiger partial charge in [0.15, 0.2) is 0 Å². The monoisotopic (exact) mass is 416 g/mol. The van der Waals surface area contributed by atoms with Crippen LogP contribution < -0.4 is 10.1 Å². The normalized spacial score (nSPS) is 10.8. The summed E-state index contributed by atoms with van der Waals surface area (Å²) in [5.74, 6) is 1.31. The smallest absolute Gasteiger partial charge is 0.251 e. The van der Waals surface area contributed by atoms with Crippen molar-refractivity contribution in [1.29, 1.82) is 0 Å². The molecule has 0 fully saturated rings. The SMILES string of the molecule is Cc1noc(C)c1COc1ccc(C(=O)NCc2ccc(Cn3ccnc3)cc2)cc1. The molecular formula is C24H24N4O3. The minimum absolute atomic E-state index is 0.125. The molecule has 0 saturated heterocycles. The van der Waals surface area contributed by atoms with Crippen molar-refractivity contribution in [2.45, 2.75) is 33.5 Å². The highest BCUT2D eigenvalue weighted by atomic mass is 16.5. The number of nitrogens with one attached hydrogen (secondary N) is 1. The van der Waals surface area contributed by atoms with Crippen LogP contribution in [0.3, 0.4) is 0 Å². The minimum atomic E-state index is -0.125. The van der Waals surface area contributed by atoms with Gasteiger partial charge in [0.05, 0.1) is 17.6 Å². The van der Waals surface area contributed by atoms with Crippen LogP contribution in [0.4, 0.5) is 0 Å². The molecule has 0 aliphatic heterocycles. The Hall–Kier alpha value is -3.87. The summed E-state index contributed by atoms with van der Waals surface area (Å²) >= 11 is 0. The van der Waals surface area contributed by atoms with Crippen molar-refractivity contribution in [2.75, 3.05) is 0 Å². The van der Waals surface area contributed by atoms with Crippen LogP contribution in [0.2, 0.25) is 0 Å². The van der Waals surface area contributed by atoms with Crippen molar-refractivity contribution >= 4 is 5.91 Å². The summed E-state index contributed by atoms with van der Waals surface area (Å²) in [6, 6.07) is 15.3. The molecule has 0 spiro atoms. The maximum Gasteiger partial charge on any atom is 0.251 e. The van der Waals surface area contributed by atoms with Gasteiger partial charge >= 0.3 is 0 Å². The van der Waals surface area contributed by atoms with E-state index in [4.69, 9.17) is 9.26 Å². The molecule has 1 N–H and O–H groups in total. The van der Waals surface area contributed by atoms with Crippen LogP contribution in [0.15, 0.2) is 71.8 Å². The van der Waals surface area contributed by atoms with Crippen LogP contribution in [0, 0.1) is 13.8 Å². The number of hydrogen-bond donors (Lipinski definition) is 1. The minimum Gasteiger partial charge on any atom is -0.489 e. The number of ether oxygens (including phenoxy) is 1. The van der Waals surface area contributed by atoms with Gasteiger partial charge in [-0.2, -0.15) is 0 Å². The molecule has 0 atom stereocenters. The molecule has 2 aromatic heterocycles. The van der Waals surface area contributed by atoms with E-state index in [1.165, 1.54) is 5.56 Å². The van der Waals surface area contributed by atoms with E-state index >= 15 is 0 Å². The summed E-state index contributed by atoms with van der Waals surface area (Å²) in [7, 11) is 0. The molecule has 2 heterocycles. The second-order valence-electron chi connectivity index (χ2n) is 7.35. The lowest BCUT2D eigenvalue weighted by atomic mass is 10.1. The van der Waals surface area contributed by atoms with E-state index in [9.17, 15) is 4.79 Å². The van der Waals surface area contributed by atoms with Crippen molar-refractivity contribution in [3.8, 4) is 5.75 Å². The first-order chi connectivity index (χ1) is 15.1. The summed E-state index contributed by atoms with van der Waals surface area (Å²) in [5.41, 5.74) is 4.57. The molecule has 4 rings (SSSR count). The summed E-state index contributed by atoms with van der Waals surface area (Å²) in [6.07, 6.45) is 5.49. The lowest BCUT2D eigenvalue weighted by Crippen LogP contribution is -2.22. The molecule has 0 bridgehead atoms. The third-order valence-electron chi connectivity index (χ3n) is 5.08. The predicted octanol–water partition coefficient (Wildman–Crippen LogP) is 4.05. The topological polar surface area (TPSA) is 82.2 Å². The van der Waals surface area contributed by atoms with Gasteiger partial charge in [0, 0.05) is 31.0 Å². The molecule has 158 valence electrons. The predicted molar refractivity (Wildman–Crippen MR) is 116 cm³/mol. The highest BCUT2D eigenvalue weighted by molar-refractivity contribution is 5.94. The van der Waals surface area contributed by atoms with Crippen LogP contribution in [0.25, 0.3) is 0 Å². The molecule has 2 aromatic carbocycles. The zero-order chi connectivity index (χ0) is 21.6. The number of amides is 1. The fourth-order valence-corrected chi connectivity index (χ4v) is 3.20. The first-order valence-corrected chi connectivity index (χ1v) is 10.0. The van der Waals surface area contributed by atoms with E-state index < -0.39 is 0 Å². The van der Waals surface area contributed by atoms with Crippen LogP contribution in [0.1, 0.15) is 38.5 Å². The highest BCUT2D eigenvalue weighted by Crippen LogP contribution is 2.18. The van der Waals surface area contributed by atoms with Crippen molar-refractivity contribution in [3.63, 3.8) is 0 Å². The largest absolute Gasteiger partial charge is 0.489 e. The Morgan fingerprint density at radius 2 is 1.81 bits per heavy atom. The average molecular weight is 416 g/mol. The third-order valence-corrected chi connectivity index (χ3v) is 5.08. The molecule has 7 heteroatoms. The highest BCUT2D eigenvalue weighted by Gasteiger charge is 2.10. The Balaban J connectivity index is 1.27. The van der Waals surface area contributed by atoms with Crippen LogP contribution >= 0.6 is 0 Å². The molecule has 0 aliphatic rings. The van der Waals surface area contributed by atoms with Gasteiger partial charge in [-0.25, -0.2) is 4.98 Å². The number of imidazole rings is 1. The second-order valence-corrected chi connectivity index (χ2v) is 7.35. The van der Waals surface area contributed by atoms with E-state index in [0.29, 0.717) is 24.5 Å². The summed E-state index contributed by atoms with van der Waals surface area (Å²) in [5, 5.41) is 6.87. The number of carbonyl (C=O) groups is 1. The molecule has 4 aromatic rings. The van der Waals surface area contributed by atoms with Crippen LogP contribution in [-0.4, -0.2) is 20.6 Å². The van der Waals surface area contributed by atoms with Crippen LogP contribution in [-0.2, 0) is 19.7 Å². The van der Waals surface area contributed by atoms with Gasteiger partial charge in [-0.3, -0.25) is 4.79 Å². The molecule has 31 heavy (non-hydrogen) atoms. The van der Waals surface area contributed by atoms with E-state index in [1.54, 1.807) is 36.8 Å². The number of rotatable bonds is 8. The van der Waals surface area contributed by atoms with Gasteiger partial charge < -0.3 is 19.1 Å². The molecule has 0 aliphatic carbocycles. The molecule has 7 nitrogen and oxygen atoms in total. The van der Waals surface area contributed by atoms with Gasteiger partial charge in [0.25, 0.3) is 5.91 Å². The average Bonchev–Trinajstić information content (AvgIpc) is 3.41. The third kappa shape index (κ3) is 5.19. The van der Waals surface area contributed by atoms with Crippen molar-refractivity contribution in [2.24, 2.45) is 0 Å². The standard InChI is InChI=1S/C24H24N4O3/c1-17-23(18(2)31-27-17)15-30-22-9-7-21(8-10-22)24(29)26-13-19-3-5-20(6-4-19)14-28-12-11-25-16-28/h3-12,16H,13-15H2,1-2H3,(H,26,29). The Labute approximate surface area is 180 Å². The van der Waals surface area contributed by atoms with Crippen molar-refractivity contribution in [3.05, 3.63) is 101 Å². The number of hydrogen-bond acceptors (Lipinski definition) is 5. The fraction of sp³-hybridized carbons (Fsp3) is 0.208. The second kappa shape index (κ2) is 9.30. The Morgan fingerprint density at radius 1 is 1.06 bits per heavy atom. The number of benzene rings is 2. The van der Waals surface area contributed by atoms with E-state index in [2.05, 4.69) is 27.6 Å². The van der Waals surface area contributed by atoms with Crippen molar-refractivity contribution < 1.29 is 14.1 Å². The Kier molecular flexibility index (Phi) is 6.12. The molecule has 0 saturated carbocycles. The Bertz CT molecular complexity index is 1110. The first kappa shape index (κ1) is 20.4. The quantitative estimate of drug-likeness (QED) is 0.469. The number of carbonyl (C=O) groups excluding carboxylic acids is 1. The number of aryl methyl sites for hydroxylation is 2. The molecular weight excluding hydrogens is 392 g/mol. The Morgan fingerprint density at radius 3 is 2.45 bits per heavy atom. The summed E-state index contributed by atoms with van der Waals surface area (Å²) in [4.78, 5) is 16.5. The zero-order valence-corrected chi connectivity index (χ0v) is 17.5. The lowest BCUT2D eigenvalue weighted by Gasteiger charge is -2.09. The fourth-order valence-electron chi connectivity index (χ4n) is 3.20. The van der Waals surface area contributed by atoms with Crippen molar-refractivity contribution in [1.82, 2.24) is 20.0 Å². The van der Waals surface area contributed by atoms with E-state index in [1.807, 2.05) is 36.7 Å². The van der Waals surface area contributed by atoms with Gasteiger partial charge in [-0.15, -0.1) is 0 Å².